The van der Waals surface area contributed by atoms with Crippen molar-refractivity contribution in [2.75, 3.05) is 13.2 Å². The number of unbranched alkanes of at least 4 members (excludes halogenated alkanes) is 49. The highest BCUT2D eigenvalue weighted by atomic mass is 16.5. The lowest BCUT2D eigenvalue weighted by Crippen LogP contribution is -2.45. The topological polar surface area (TPSA) is 95.9 Å². The van der Waals surface area contributed by atoms with Crippen LogP contribution in [0.3, 0.4) is 0 Å². The summed E-state index contributed by atoms with van der Waals surface area (Å²) in [7, 11) is 0. The summed E-state index contributed by atoms with van der Waals surface area (Å²) >= 11 is 0. The van der Waals surface area contributed by atoms with E-state index >= 15 is 0 Å². The van der Waals surface area contributed by atoms with E-state index in [2.05, 4.69) is 43.5 Å². The Labute approximate surface area is 469 Å². The minimum atomic E-state index is -0.670. The molecule has 444 valence electrons. The molecule has 3 N–H and O–H groups in total. The molecule has 1 amide bonds. The van der Waals surface area contributed by atoms with Crippen LogP contribution in [-0.4, -0.2) is 47.4 Å². The summed E-state index contributed by atoms with van der Waals surface area (Å²) in [6.07, 6.45) is 80.6. The lowest BCUT2D eigenvalue weighted by Gasteiger charge is -2.22. The van der Waals surface area contributed by atoms with Gasteiger partial charge in [-0.05, 0) is 57.8 Å². The molecule has 0 bridgehead atoms. The number of nitrogens with one attached hydrogen (secondary N) is 1. The number of hydrogen-bond acceptors (Lipinski definition) is 5. The van der Waals surface area contributed by atoms with E-state index < -0.39 is 12.1 Å². The van der Waals surface area contributed by atoms with Crippen LogP contribution in [0.15, 0.2) is 24.3 Å². The number of aliphatic hydroxyl groups excluding tert-OH is 2. The quantitative estimate of drug-likeness (QED) is 0.0320. The Balaban J connectivity index is 3.41. The monoisotopic (exact) mass is 1060 g/mol. The van der Waals surface area contributed by atoms with Crippen molar-refractivity contribution < 1.29 is 24.5 Å². The Hall–Kier alpha value is -1.66. The van der Waals surface area contributed by atoms with Gasteiger partial charge in [0.25, 0.3) is 0 Å². The molecule has 0 radical (unpaired) electrons. The third-order valence-electron chi connectivity index (χ3n) is 16.0. The highest BCUT2D eigenvalue weighted by Gasteiger charge is 2.20. The van der Waals surface area contributed by atoms with Crippen LogP contribution >= 0.6 is 0 Å². The van der Waals surface area contributed by atoms with Crippen LogP contribution in [0.25, 0.3) is 0 Å². The summed E-state index contributed by atoms with van der Waals surface area (Å²) in [6, 6.07) is -0.547. The van der Waals surface area contributed by atoms with Gasteiger partial charge in [0, 0.05) is 12.8 Å². The predicted octanol–water partition coefficient (Wildman–Crippen LogP) is 21.8. The molecule has 0 aromatic rings. The summed E-state index contributed by atoms with van der Waals surface area (Å²) in [5, 5.41) is 23.4. The average Bonchev–Trinajstić information content (AvgIpc) is 3.41. The standard InChI is InChI=1S/C69H133NO5/c1-3-5-7-9-11-13-15-17-19-21-22-23-24-25-26-27-30-33-37-41-45-49-53-57-61-67(72)66(65-71)70-68(73)62-58-54-50-46-42-38-34-31-28-32-36-40-44-48-52-56-60-64-75-69(74)63-59-55-51-47-43-39-35-29-20-18-16-14-12-10-8-6-4-2/h12,14,18,20,66-67,71-72H,3-11,13,15-17,19,21-65H2,1-2H3,(H,70,73)/b14-12-,20-18-. The maximum atomic E-state index is 12.5. The fourth-order valence-corrected chi connectivity index (χ4v) is 10.8. The first-order valence-corrected chi connectivity index (χ1v) is 34.1. The highest BCUT2D eigenvalue weighted by molar-refractivity contribution is 5.76. The molecule has 0 rings (SSSR count). The number of rotatable bonds is 64. The third kappa shape index (κ3) is 61.4. The number of carbonyl (C=O) groups is 2. The van der Waals surface area contributed by atoms with Gasteiger partial charge in [-0.15, -0.1) is 0 Å². The molecule has 0 aliphatic carbocycles. The maximum Gasteiger partial charge on any atom is 0.305 e. The summed E-state index contributed by atoms with van der Waals surface area (Å²) in [5.41, 5.74) is 0. The minimum absolute atomic E-state index is 0.00119. The van der Waals surface area contributed by atoms with Crippen molar-refractivity contribution in [3.63, 3.8) is 0 Å². The summed E-state index contributed by atoms with van der Waals surface area (Å²) in [4.78, 5) is 24.6. The second-order valence-corrected chi connectivity index (χ2v) is 23.5. The molecule has 2 unspecified atom stereocenters. The van der Waals surface area contributed by atoms with E-state index in [0.29, 0.717) is 25.9 Å². The second-order valence-electron chi connectivity index (χ2n) is 23.5. The summed E-state index contributed by atoms with van der Waals surface area (Å²) in [5.74, 6) is -0.0372. The molecule has 0 saturated carbocycles. The molecule has 6 heteroatoms. The second kappa shape index (κ2) is 64.9. The molecule has 6 nitrogen and oxygen atoms in total. The zero-order chi connectivity index (χ0) is 54.3. The lowest BCUT2D eigenvalue weighted by molar-refractivity contribution is -0.143. The Morgan fingerprint density at radius 2 is 0.667 bits per heavy atom. The smallest absolute Gasteiger partial charge is 0.305 e. The van der Waals surface area contributed by atoms with Crippen LogP contribution in [0.1, 0.15) is 380 Å². The van der Waals surface area contributed by atoms with Crippen LogP contribution in [0.2, 0.25) is 0 Å². The van der Waals surface area contributed by atoms with Crippen molar-refractivity contribution in [3.8, 4) is 0 Å². The number of esters is 1. The average molecular weight is 1060 g/mol. The number of carbonyl (C=O) groups excluding carboxylic acids is 2. The number of aliphatic hydroxyl groups is 2. The molecule has 0 heterocycles. The summed E-state index contributed by atoms with van der Waals surface area (Å²) < 4.78 is 5.49. The van der Waals surface area contributed by atoms with Crippen LogP contribution in [0.5, 0.6) is 0 Å². The molecule has 2 atom stereocenters. The van der Waals surface area contributed by atoms with Gasteiger partial charge in [0.1, 0.15) is 0 Å². The fourth-order valence-electron chi connectivity index (χ4n) is 10.8. The number of amides is 1. The molecular weight excluding hydrogens is 923 g/mol. The molecule has 0 fully saturated rings. The molecular formula is C69H133NO5. The number of ether oxygens (including phenoxy) is 1. The lowest BCUT2D eigenvalue weighted by atomic mass is 10.0. The van der Waals surface area contributed by atoms with Crippen molar-refractivity contribution in [2.24, 2.45) is 0 Å². The molecule has 0 aromatic carbocycles. The summed E-state index contributed by atoms with van der Waals surface area (Å²) in [6.45, 7) is 4.95. The van der Waals surface area contributed by atoms with Crippen molar-refractivity contribution in [1.82, 2.24) is 5.32 Å². The first kappa shape index (κ1) is 73.3. The Morgan fingerprint density at radius 1 is 0.373 bits per heavy atom. The van der Waals surface area contributed by atoms with Gasteiger partial charge in [0.05, 0.1) is 25.4 Å². The third-order valence-corrected chi connectivity index (χ3v) is 16.0. The van der Waals surface area contributed by atoms with Gasteiger partial charge in [0.15, 0.2) is 0 Å². The molecule has 0 aromatic heterocycles. The van der Waals surface area contributed by atoms with Gasteiger partial charge in [-0.3, -0.25) is 9.59 Å². The van der Waals surface area contributed by atoms with Crippen LogP contribution in [0.4, 0.5) is 0 Å². The Morgan fingerprint density at radius 3 is 1.04 bits per heavy atom. The van der Waals surface area contributed by atoms with Crippen molar-refractivity contribution in [1.29, 1.82) is 0 Å². The predicted molar refractivity (Wildman–Crippen MR) is 329 cm³/mol. The normalized spacial score (nSPS) is 12.6. The zero-order valence-electron chi connectivity index (χ0n) is 50.8. The number of allylic oxidation sites excluding steroid dienone is 4. The van der Waals surface area contributed by atoms with Crippen molar-refractivity contribution >= 4 is 11.9 Å². The maximum absolute atomic E-state index is 12.5. The van der Waals surface area contributed by atoms with Gasteiger partial charge in [0.2, 0.25) is 5.91 Å². The van der Waals surface area contributed by atoms with Gasteiger partial charge in [-0.25, -0.2) is 0 Å². The molecule has 0 aliphatic rings. The van der Waals surface area contributed by atoms with Crippen molar-refractivity contribution in [3.05, 3.63) is 24.3 Å². The van der Waals surface area contributed by atoms with Crippen LogP contribution in [-0.2, 0) is 14.3 Å². The largest absolute Gasteiger partial charge is 0.466 e. The highest BCUT2D eigenvalue weighted by Crippen LogP contribution is 2.19. The van der Waals surface area contributed by atoms with Crippen molar-refractivity contribution in [2.45, 2.75) is 392 Å². The van der Waals surface area contributed by atoms with Crippen LogP contribution < -0.4 is 5.32 Å². The van der Waals surface area contributed by atoms with Gasteiger partial charge in [-0.2, -0.15) is 0 Å². The Kier molecular flexibility index (Phi) is 63.4. The van der Waals surface area contributed by atoms with Gasteiger partial charge >= 0.3 is 5.97 Å². The zero-order valence-corrected chi connectivity index (χ0v) is 50.8. The Bertz CT molecular complexity index is 1170. The van der Waals surface area contributed by atoms with E-state index in [0.717, 1.165) is 51.4 Å². The van der Waals surface area contributed by atoms with Crippen LogP contribution in [0, 0.1) is 0 Å². The number of hydrogen-bond donors (Lipinski definition) is 3. The molecule has 0 spiro atoms. The van der Waals surface area contributed by atoms with E-state index in [1.165, 1.54) is 295 Å². The first-order chi connectivity index (χ1) is 37.0. The van der Waals surface area contributed by atoms with Gasteiger partial charge in [-0.1, -0.05) is 334 Å². The van der Waals surface area contributed by atoms with E-state index in [9.17, 15) is 19.8 Å². The SMILES string of the molecule is CCCCC/C=C\C/C=C\CCCCCCCCCC(=O)OCCCCCCCCCCCCCCCCCCCC(=O)NC(CO)C(O)CCCCCCCCCCCCCCCCCCCCCCCCCC. The van der Waals surface area contributed by atoms with E-state index in [-0.39, 0.29) is 18.5 Å². The van der Waals surface area contributed by atoms with E-state index in [1.807, 2.05) is 0 Å². The fraction of sp³-hybridized carbons (Fsp3) is 0.913. The molecule has 0 saturated heterocycles. The minimum Gasteiger partial charge on any atom is -0.466 e. The first-order valence-electron chi connectivity index (χ1n) is 34.1. The van der Waals surface area contributed by atoms with Gasteiger partial charge < -0.3 is 20.3 Å². The molecule has 0 aliphatic heterocycles. The van der Waals surface area contributed by atoms with E-state index in [1.54, 1.807) is 0 Å². The van der Waals surface area contributed by atoms with E-state index in [4.69, 9.17) is 4.74 Å². The molecule has 75 heavy (non-hydrogen) atoms.